The zero-order valence-corrected chi connectivity index (χ0v) is 19.4. The minimum Gasteiger partial charge on any atom is -0.493 e. The molecule has 4 rings (SSSR count). The molecule has 0 spiro atoms. The van der Waals surface area contributed by atoms with Crippen molar-refractivity contribution in [2.75, 3.05) is 27.3 Å². The van der Waals surface area contributed by atoms with Crippen molar-refractivity contribution in [3.05, 3.63) is 71.8 Å². The number of imide groups is 1. The Hall–Kier alpha value is -4.07. The van der Waals surface area contributed by atoms with Crippen LogP contribution in [0.5, 0.6) is 11.5 Å². The Morgan fingerprint density at radius 1 is 0.971 bits per heavy atom. The van der Waals surface area contributed by atoms with Crippen LogP contribution in [0.4, 0.5) is 4.79 Å². The van der Waals surface area contributed by atoms with E-state index in [1.807, 2.05) is 54.6 Å². The van der Waals surface area contributed by atoms with Crippen LogP contribution in [-0.4, -0.2) is 50.1 Å². The van der Waals surface area contributed by atoms with Gasteiger partial charge in [0.1, 0.15) is 12.1 Å². The summed E-state index contributed by atoms with van der Waals surface area (Å²) in [6.45, 7) is 1.66. The lowest BCUT2D eigenvalue weighted by Crippen LogP contribution is -2.43. The molecule has 176 valence electrons. The molecule has 1 aliphatic heterocycles. The van der Waals surface area contributed by atoms with Crippen LogP contribution in [0, 0.1) is 0 Å². The van der Waals surface area contributed by atoms with Crippen LogP contribution < -0.4 is 20.1 Å². The molecule has 0 saturated carbocycles. The Kier molecular flexibility index (Phi) is 6.40. The molecule has 8 heteroatoms. The molecule has 0 bridgehead atoms. The highest BCUT2D eigenvalue weighted by Crippen LogP contribution is 2.31. The van der Waals surface area contributed by atoms with Crippen LogP contribution in [0.15, 0.2) is 60.7 Å². The molecule has 34 heavy (non-hydrogen) atoms. The van der Waals surface area contributed by atoms with Crippen molar-refractivity contribution in [1.29, 1.82) is 0 Å². The number of fused-ring (bicyclic) bond motifs is 1. The highest BCUT2D eigenvalue weighted by molar-refractivity contribution is 6.09. The number of amides is 4. The zero-order chi connectivity index (χ0) is 24.3. The average Bonchev–Trinajstić information content (AvgIpc) is 3.07. The first-order valence-electron chi connectivity index (χ1n) is 11.0. The topological polar surface area (TPSA) is 97.0 Å². The molecule has 2 N–H and O–H groups in total. The van der Waals surface area contributed by atoms with Crippen molar-refractivity contribution in [2.45, 2.75) is 18.9 Å². The van der Waals surface area contributed by atoms with E-state index in [-0.39, 0.29) is 6.54 Å². The second-order valence-electron chi connectivity index (χ2n) is 8.30. The first-order valence-corrected chi connectivity index (χ1v) is 11.0. The number of ether oxygens (including phenoxy) is 2. The van der Waals surface area contributed by atoms with E-state index in [9.17, 15) is 14.4 Å². The fourth-order valence-corrected chi connectivity index (χ4v) is 4.12. The molecule has 3 aromatic rings. The summed E-state index contributed by atoms with van der Waals surface area (Å²) in [5, 5.41) is 7.53. The van der Waals surface area contributed by atoms with Crippen LogP contribution in [0.1, 0.15) is 18.1 Å². The quantitative estimate of drug-likeness (QED) is 0.503. The number of rotatable bonds is 8. The van der Waals surface area contributed by atoms with Crippen molar-refractivity contribution in [3.63, 3.8) is 0 Å². The first-order chi connectivity index (χ1) is 16.4. The third kappa shape index (κ3) is 4.39. The van der Waals surface area contributed by atoms with Gasteiger partial charge in [-0.05, 0) is 53.4 Å². The van der Waals surface area contributed by atoms with Gasteiger partial charge in [-0.1, -0.05) is 42.5 Å². The van der Waals surface area contributed by atoms with E-state index in [4.69, 9.17) is 9.47 Å². The molecule has 0 aromatic heterocycles. The van der Waals surface area contributed by atoms with Crippen molar-refractivity contribution in [3.8, 4) is 11.5 Å². The molecule has 4 amide bonds. The Labute approximate surface area is 197 Å². The van der Waals surface area contributed by atoms with E-state index in [1.165, 1.54) is 0 Å². The summed E-state index contributed by atoms with van der Waals surface area (Å²) >= 11 is 0. The number of nitrogens with zero attached hydrogens (tertiary/aromatic N) is 1. The number of carbonyl (C=O) groups is 3. The maximum atomic E-state index is 13.2. The molecule has 1 fully saturated rings. The molecule has 0 radical (unpaired) electrons. The third-order valence-corrected chi connectivity index (χ3v) is 6.09. The van der Waals surface area contributed by atoms with E-state index in [1.54, 1.807) is 27.2 Å². The number of nitrogens with one attached hydrogen (secondary N) is 2. The van der Waals surface area contributed by atoms with E-state index >= 15 is 0 Å². The van der Waals surface area contributed by atoms with E-state index in [0.29, 0.717) is 30.0 Å². The second kappa shape index (κ2) is 9.43. The average molecular weight is 462 g/mol. The van der Waals surface area contributed by atoms with Gasteiger partial charge in [0, 0.05) is 6.54 Å². The number of hydrogen-bond donors (Lipinski definition) is 2. The van der Waals surface area contributed by atoms with Gasteiger partial charge in [0.2, 0.25) is 5.91 Å². The van der Waals surface area contributed by atoms with Crippen LogP contribution in [0.25, 0.3) is 10.8 Å². The monoisotopic (exact) mass is 461 g/mol. The smallest absolute Gasteiger partial charge is 0.325 e. The highest BCUT2D eigenvalue weighted by Gasteiger charge is 2.49. The van der Waals surface area contributed by atoms with Crippen molar-refractivity contribution in [2.24, 2.45) is 0 Å². The summed E-state index contributed by atoms with van der Waals surface area (Å²) < 4.78 is 10.5. The molecule has 8 nitrogen and oxygen atoms in total. The number of methoxy groups -OCH3 is 2. The van der Waals surface area contributed by atoms with E-state index < -0.39 is 23.4 Å². The summed E-state index contributed by atoms with van der Waals surface area (Å²) in [4.78, 5) is 39.2. The van der Waals surface area contributed by atoms with Crippen molar-refractivity contribution >= 4 is 28.6 Å². The van der Waals surface area contributed by atoms with Crippen molar-refractivity contribution < 1.29 is 23.9 Å². The van der Waals surface area contributed by atoms with Gasteiger partial charge in [0.05, 0.1) is 14.2 Å². The molecule has 0 aliphatic carbocycles. The van der Waals surface area contributed by atoms with Gasteiger partial charge in [0.15, 0.2) is 11.5 Å². The molecule has 1 unspecified atom stereocenters. The predicted molar refractivity (Wildman–Crippen MR) is 128 cm³/mol. The minimum atomic E-state index is -1.24. The normalized spacial score (nSPS) is 17.6. The van der Waals surface area contributed by atoms with Gasteiger partial charge in [-0.25, -0.2) is 4.79 Å². The predicted octanol–water partition coefficient (Wildman–Crippen LogP) is 2.98. The van der Waals surface area contributed by atoms with Crippen LogP contribution in [0.3, 0.4) is 0 Å². The maximum Gasteiger partial charge on any atom is 0.325 e. The summed E-state index contributed by atoms with van der Waals surface area (Å²) in [5.74, 6) is 0.372. The van der Waals surface area contributed by atoms with Gasteiger partial charge in [0.25, 0.3) is 5.91 Å². The summed E-state index contributed by atoms with van der Waals surface area (Å²) in [7, 11) is 3.13. The lowest BCUT2D eigenvalue weighted by molar-refractivity contribution is -0.134. The second-order valence-corrected chi connectivity index (χ2v) is 8.30. The lowest BCUT2D eigenvalue weighted by atomic mass is 9.90. The molecule has 3 aromatic carbocycles. The number of benzene rings is 3. The summed E-state index contributed by atoms with van der Waals surface area (Å²) in [5.41, 5.74) is 0.388. The van der Waals surface area contributed by atoms with Gasteiger partial charge >= 0.3 is 6.03 Å². The van der Waals surface area contributed by atoms with Crippen LogP contribution >= 0.6 is 0 Å². The van der Waals surface area contributed by atoms with Crippen LogP contribution in [0.2, 0.25) is 0 Å². The molecule has 1 atom stereocenters. The Morgan fingerprint density at radius 2 is 1.71 bits per heavy atom. The van der Waals surface area contributed by atoms with Crippen molar-refractivity contribution in [1.82, 2.24) is 15.5 Å². The number of hydrogen-bond acceptors (Lipinski definition) is 5. The Balaban J connectivity index is 1.38. The molecule has 1 aliphatic rings. The SMILES string of the molecule is COc1ccc(CCNC(=O)CN2C(=O)NC(C)(c3ccc4ccccc4c3)C2=O)cc1OC. The zero-order valence-electron chi connectivity index (χ0n) is 19.4. The summed E-state index contributed by atoms with van der Waals surface area (Å²) in [6, 6.07) is 18.4. The maximum absolute atomic E-state index is 13.2. The van der Waals surface area contributed by atoms with Crippen LogP contribution in [-0.2, 0) is 21.5 Å². The largest absolute Gasteiger partial charge is 0.493 e. The fraction of sp³-hybridized carbons (Fsp3) is 0.269. The Bertz CT molecular complexity index is 1260. The standard InChI is InChI=1S/C26H27N3O5/c1-26(20-10-9-18-6-4-5-7-19(18)15-20)24(31)29(25(32)28-26)16-23(30)27-13-12-17-8-11-21(33-2)22(14-17)34-3/h4-11,14-15H,12-13,16H2,1-3H3,(H,27,30)(H,28,32). The third-order valence-electron chi connectivity index (χ3n) is 6.09. The number of carbonyl (C=O) groups excluding carboxylic acids is 3. The highest BCUT2D eigenvalue weighted by atomic mass is 16.5. The molecule has 1 heterocycles. The molecule has 1 saturated heterocycles. The fourth-order valence-electron chi connectivity index (χ4n) is 4.12. The molecular weight excluding hydrogens is 434 g/mol. The first kappa shape index (κ1) is 23.1. The lowest BCUT2D eigenvalue weighted by Gasteiger charge is -2.22. The van der Waals surface area contributed by atoms with E-state index in [0.717, 1.165) is 21.2 Å². The van der Waals surface area contributed by atoms with E-state index in [2.05, 4.69) is 10.6 Å². The van der Waals surface area contributed by atoms with Gasteiger partial charge < -0.3 is 20.1 Å². The Morgan fingerprint density at radius 3 is 2.44 bits per heavy atom. The van der Waals surface area contributed by atoms with Gasteiger partial charge in [-0.3, -0.25) is 14.5 Å². The number of urea groups is 1. The molecular formula is C26H27N3O5. The summed E-state index contributed by atoms with van der Waals surface area (Å²) in [6.07, 6.45) is 0.557. The van der Waals surface area contributed by atoms with Gasteiger partial charge in [-0.2, -0.15) is 0 Å². The minimum absolute atomic E-state index is 0.347. The van der Waals surface area contributed by atoms with Gasteiger partial charge in [-0.15, -0.1) is 0 Å².